The Morgan fingerprint density at radius 1 is 1.29 bits per heavy atom. The highest BCUT2D eigenvalue weighted by molar-refractivity contribution is 7.89. The number of rotatable bonds is 6. The lowest BCUT2D eigenvalue weighted by Gasteiger charge is -2.21. The molecule has 1 atom stereocenters. The Morgan fingerprint density at radius 2 is 1.97 bits per heavy atom. The molecule has 0 aliphatic rings. The van der Waals surface area contributed by atoms with Gasteiger partial charge < -0.3 is 14.0 Å². The minimum Gasteiger partial charge on any atom is -0.616 e. The van der Waals surface area contributed by atoms with Crippen LogP contribution in [0.15, 0.2) is 18.2 Å². The van der Waals surface area contributed by atoms with Gasteiger partial charge in [0, 0.05) is 16.1 Å². The van der Waals surface area contributed by atoms with Gasteiger partial charge in [-0.2, -0.15) is 5.10 Å². The summed E-state index contributed by atoms with van der Waals surface area (Å²) in [5.41, 5.74) is 2.56. The van der Waals surface area contributed by atoms with Crippen molar-refractivity contribution in [1.82, 2.24) is 14.8 Å². The summed E-state index contributed by atoms with van der Waals surface area (Å²) in [7, 11) is 0. The van der Waals surface area contributed by atoms with E-state index in [0.717, 1.165) is 5.56 Å². The lowest BCUT2D eigenvalue weighted by Crippen LogP contribution is -2.29. The van der Waals surface area contributed by atoms with Crippen LogP contribution < -0.4 is 0 Å². The molecule has 0 saturated carbocycles. The first-order valence-electron chi connectivity index (χ1n) is 11.0. The molecule has 0 amide bonds. The van der Waals surface area contributed by atoms with E-state index in [2.05, 4.69) is 10.2 Å². The van der Waals surface area contributed by atoms with Crippen molar-refractivity contribution in [2.75, 3.05) is 12.9 Å². The van der Waals surface area contributed by atoms with Gasteiger partial charge in [-0.05, 0) is 45.2 Å². The molecule has 3 rings (SSSR count). The zero-order chi connectivity index (χ0) is 25.4. The Morgan fingerprint density at radius 3 is 2.50 bits per heavy atom. The quantitative estimate of drug-likeness (QED) is 0.341. The fourth-order valence-corrected chi connectivity index (χ4v) is 4.71. The molecule has 0 aliphatic heterocycles. The molecular formula is C24H30ClN3O5S. The standard InChI is InChI=1S/C24H30ClN3O5S/c1-8-32-22(29)20-17(14-9-10-15(12-34(7)31)16(25)11-14)19-21(18(13(2)3)26-27-19)28(20)23(30)33-24(4,5)6/h9-11,13H,8,12H2,1-7H3,(H,26,27). The number of esters is 1. The number of H-pyrrole nitrogens is 1. The zero-order valence-electron chi connectivity index (χ0n) is 20.4. The zero-order valence-corrected chi connectivity index (χ0v) is 22.0. The topological polar surface area (TPSA) is 109 Å². The van der Waals surface area contributed by atoms with Crippen molar-refractivity contribution in [2.24, 2.45) is 0 Å². The van der Waals surface area contributed by atoms with Crippen molar-refractivity contribution in [3.8, 4) is 11.1 Å². The molecule has 0 saturated heterocycles. The molecule has 10 heteroatoms. The van der Waals surface area contributed by atoms with Crippen LogP contribution in [-0.4, -0.2) is 49.8 Å². The molecule has 0 aliphatic carbocycles. The van der Waals surface area contributed by atoms with E-state index < -0.39 is 28.8 Å². The first-order chi connectivity index (χ1) is 15.9. The van der Waals surface area contributed by atoms with E-state index in [1.807, 2.05) is 13.8 Å². The summed E-state index contributed by atoms with van der Waals surface area (Å²) in [5.74, 6) is -0.407. The minimum atomic E-state index is -1.07. The van der Waals surface area contributed by atoms with Crippen LogP contribution in [0, 0.1) is 0 Å². The van der Waals surface area contributed by atoms with Gasteiger partial charge in [-0.3, -0.25) is 5.10 Å². The molecule has 34 heavy (non-hydrogen) atoms. The average molecular weight is 508 g/mol. The minimum absolute atomic E-state index is 0.0320. The molecule has 0 fully saturated rings. The summed E-state index contributed by atoms with van der Waals surface area (Å²) in [6, 6.07) is 5.24. The number of nitrogens with one attached hydrogen (secondary N) is 1. The van der Waals surface area contributed by atoms with Crippen LogP contribution in [0.1, 0.15) is 69.2 Å². The third-order valence-corrected chi connectivity index (χ3v) is 6.06. The Bertz CT molecular complexity index is 1220. The predicted molar refractivity (Wildman–Crippen MR) is 134 cm³/mol. The van der Waals surface area contributed by atoms with Gasteiger partial charge in [-0.25, -0.2) is 14.2 Å². The van der Waals surface area contributed by atoms with Crippen LogP contribution in [-0.2, 0) is 26.4 Å². The normalized spacial score (nSPS) is 12.9. The Hall–Kier alpha value is -2.49. The van der Waals surface area contributed by atoms with Gasteiger partial charge in [-0.15, -0.1) is 0 Å². The number of aromatic nitrogens is 3. The van der Waals surface area contributed by atoms with Crippen LogP contribution in [0.3, 0.4) is 0 Å². The van der Waals surface area contributed by atoms with Gasteiger partial charge in [-0.1, -0.05) is 48.8 Å². The summed E-state index contributed by atoms with van der Waals surface area (Å²) in [6.07, 6.45) is 0.894. The number of hydrogen-bond acceptors (Lipinski definition) is 6. The number of aromatic amines is 1. The lowest BCUT2D eigenvalue weighted by atomic mass is 10.0. The van der Waals surface area contributed by atoms with Crippen molar-refractivity contribution in [1.29, 1.82) is 0 Å². The second kappa shape index (κ2) is 10.0. The number of carbonyl (C=O) groups excluding carboxylic acids is 2. The molecule has 0 spiro atoms. The second-order valence-corrected chi connectivity index (χ2v) is 11.1. The van der Waals surface area contributed by atoms with E-state index >= 15 is 0 Å². The second-order valence-electron chi connectivity index (χ2n) is 9.27. The smallest absolute Gasteiger partial charge is 0.419 e. The van der Waals surface area contributed by atoms with Crippen molar-refractivity contribution < 1.29 is 23.6 Å². The summed E-state index contributed by atoms with van der Waals surface area (Å²) in [6.45, 7) is 11.0. The Balaban J connectivity index is 2.37. The Kier molecular flexibility index (Phi) is 7.69. The largest absolute Gasteiger partial charge is 0.616 e. The third kappa shape index (κ3) is 5.26. The molecule has 8 nitrogen and oxygen atoms in total. The monoisotopic (exact) mass is 507 g/mol. The van der Waals surface area contributed by atoms with Gasteiger partial charge in [0.05, 0.1) is 24.1 Å². The van der Waals surface area contributed by atoms with E-state index in [1.54, 1.807) is 52.1 Å². The number of benzene rings is 1. The van der Waals surface area contributed by atoms with E-state index in [0.29, 0.717) is 38.6 Å². The number of fused-ring (bicyclic) bond motifs is 1. The molecule has 2 heterocycles. The summed E-state index contributed by atoms with van der Waals surface area (Å²) >= 11 is 5.44. The van der Waals surface area contributed by atoms with Crippen LogP contribution >= 0.6 is 11.6 Å². The van der Waals surface area contributed by atoms with E-state index in [9.17, 15) is 14.1 Å². The molecule has 184 valence electrons. The van der Waals surface area contributed by atoms with E-state index in [4.69, 9.17) is 21.1 Å². The van der Waals surface area contributed by atoms with Crippen molar-refractivity contribution in [2.45, 2.75) is 58.8 Å². The fourth-order valence-electron chi connectivity index (χ4n) is 3.70. The molecular weight excluding hydrogens is 478 g/mol. The van der Waals surface area contributed by atoms with Gasteiger partial charge in [0.25, 0.3) is 0 Å². The fraction of sp³-hybridized carbons (Fsp3) is 0.458. The van der Waals surface area contributed by atoms with Crippen molar-refractivity contribution in [3.05, 3.63) is 40.2 Å². The number of nitrogens with zero attached hydrogens (tertiary/aromatic N) is 2. The van der Waals surface area contributed by atoms with Crippen LogP contribution in [0.5, 0.6) is 0 Å². The highest BCUT2D eigenvalue weighted by atomic mass is 35.5. The molecule has 0 radical (unpaired) electrons. The third-order valence-electron chi connectivity index (χ3n) is 4.99. The van der Waals surface area contributed by atoms with Crippen molar-refractivity contribution >= 4 is 45.9 Å². The van der Waals surface area contributed by atoms with Gasteiger partial charge in [0.15, 0.2) is 0 Å². The first kappa shape index (κ1) is 26.1. The number of carbonyl (C=O) groups is 2. The molecule has 1 N–H and O–H groups in total. The van der Waals surface area contributed by atoms with Gasteiger partial charge in [0.1, 0.15) is 22.6 Å². The Labute approximate surface area is 207 Å². The molecule has 0 bridgehead atoms. The van der Waals surface area contributed by atoms with E-state index in [-0.39, 0.29) is 18.2 Å². The molecule has 3 aromatic rings. The van der Waals surface area contributed by atoms with Crippen LogP contribution in [0.4, 0.5) is 4.79 Å². The number of halogens is 1. The highest BCUT2D eigenvalue weighted by Crippen LogP contribution is 2.39. The van der Waals surface area contributed by atoms with Gasteiger partial charge in [0.2, 0.25) is 0 Å². The summed E-state index contributed by atoms with van der Waals surface area (Å²) < 4.78 is 23.9. The van der Waals surface area contributed by atoms with Gasteiger partial charge >= 0.3 is 12.1 Å². The maximum absolute atomic E-state index is 13.4. The lowest BCUT2D eigenvalue weighted by molar-refractivity contribution is 0.0454. The van der Waals surface area contributed by atoms with E-state index in [1.165, 1.54) is 4.57 Å². The molecule has 1 aromatic carbocycles. The maximum atomic E-state index is 13.4. The summed E-state index contributed by atoms with van der Waals surface area (Å²) in [4.78, 5) is 26.6. The molecule has 2 aromatic heterocycles. The first-order valence-corrected chi connectivity index (χ1v) is 13.1. The SMILES string of the molecule is CCOC(=O)c1c(-c2ccc(C[S+](C)[O-])c(Cl)c2)c2[nH]nc(C(C)C)c2n1C(=O)OC(C)(C)C. The maximum Gasteiger partial charge on any atom is 0.419 e. The number of ether oxygens (including phenoxy) is 2. The van der Waals surface area contributed by atoms with Crippen molar-refractivity contribution in [3.63, 3.8) is 0 Å². The van der Waals surface area contributed by atoms with Crippen LogP contribution in [0.25, 0.3) is 22.2 Å². The number of hydrogen-bond donors (Lipinski definition) is 1. The van der Waals surface area contributed by atoms with Crippen LogP contribution in [0.2, 0.25) is 5.02 Å². The molecule has 1 unspecified atom stereocenters. The highest BCUT2D eigenvalue weighted by Gasteiger charge is 2.34. The summed E-state index contributed by atoms with van der Waals surface area (Å²) in [5, 5.41) is 7.83. The average Bonchev–Trinajstić information content (AvgIpc) is 3.25. The predicted octanol–water partition coefficient (Wildman–Crippen LogP) is 5.65.